The van der Waals surface area contributed by atoms with Gasteiger partial charge in [-0.05, 0) is 57.7 Å². The highest BCUT2D eigenvalue weighted by atomic mass is 32.2. The van der Waals surface area contributed by atoms with E-state index in [1.54, 1.807) is 18.2 Å². The number of amides is 1. The maximum absolute atomic E-state index is 13.5. The number of halogens is 3. The van der Waals surface area contributed by atoms with Crippen molar-refractivity contribution in [2.24, 2.45) is 5.73 Å². The average Bonchev–Trinajstić information content (AvgIpc) is 3.51. The number of ether oxygens (including phenoxy) is 1. The minimum absolute atomic E-state index is 0.0176. The van der Waals surface area contributed by atoms with Crippen LogP contribution in [0.15, 0.2) is 48.5 Å². The summed E-state index contributed by atoms with van der Waals surface area (Å²) in [4.78, 5) is 22.2. The molecule has 1 atom stereocenters. The summed E-state index contributed by atoms with van der Waals surface area (Å²) < 4.78 is 81.0. The Hall–Kier alpha value is -3.50. The SMILES string of the molecule is C[C@@H](Oc1cc(-c2nc3ccc(CN(CCCN(C)C)S(=O)(=O)O)cc3[nH]2)sc1C(N)=O)c1ccccc1C(F)(F)F. The maximum Gasteiger partial charge on any atom is 0.416 e. The topological polar surface area (TPSA) is 142 Å². The van der Waals surface area contributed by atoms with Crippen molar-refractivity contribution in [3.63, 3.8) is 0 Å². The molecule has 0 unspecified atom stereocenters. The molecule has 0 aliphatic rings. The smallest absolute Gasteiger partial charge is 0.416 e. The molecule has 1 amide bonds. The molecule has 2 aromatic carbocycles. The van der Waals surface area contributed by atoms with Crippen molar-refractivity contribution in [1.29, 1.82) is 0 Å². The number of nitrogens with one attached hydrogen (secondary N) is 1. The van der Waals surface area contributed by atoms with Crippen LogP contribution in [0.5, 0.6) is 5.75 Å². The maximum atomic E-state index is 13.5. The molecule has 0 fully saturated rings. The zero-order valence-corrected chi connectivity index (χ0v) is 24.6. The second kappa shape index (κ2) is 12.4. The van der Waals surface area contributed by atoms with Crippen LogP contribution < -0.4 is 10.5 Å². The van der Waals surface area contributed by atoms with Gasteiger partial charge < -0.3 is 20.4 Å². The monoisotopic (exact) mass is 625 g/mol. The lowest BCUT2D eigenvalue weighted by Gasteiger charge is -2.19. The van der Waals surface area contributed by atoms with Gasteiger partial charge in [-0.2, -0.15) is 25.9 Å². The average molecular weight is 626 g/mol. The Morgan fingerprint density at radius 3 is 2.52 bits per heavy atom. The number of benzene rings is 2. The molecule has 10 nitrogen and oxygen atoms in total. The fraction of sp³-hybridized carbons (Fsp3) is 0.333. The van der Waals surface area contributed by atoms with E-state index in [9.17, 15) is 30.9 Å². The van der Waals surface area contributed by atoms with E-state index >= 15 is 0 Å². The number of thiophene rings is 1. The molecule has 4 N–H and O–H groups in total. The molecule has 15 heteroatoms. The second-order valence-corrected chi connectivity index (χ2v) is 12.4. The molecule has 0 aliphatic heterocycles. The number of alkyl halides is 3. The summed E-state index contributed by atoms with van der Waals surface area (Å²) >= 11 is 0.972. The van der Waals surface area contributed by atoms with E-state index in [1.165, 1.54) is 31.2 Å². The molecular formula is C27H30F3N5O5S2. The standard InChI is InChI=1S/C27H30F3N5O5S2/c1-16(18-7-4-5-8-19(18)27(28,29)30)40-22-14-23(41-24(22)25(31)36)26-32-20-10-9-17(13-21(20)33-26)15-35(42(37,38)39)12-6-11-34(2)3/h4-5,7-10,13-14,16H,6,11-12,15H2,1-3H3,(H2,31,36)(H,32,33)(H,37,38,39)/t16-/m1/s1. The first-order chi connectivity index (χ1) is 19.6. The summed E-state index contributed by atoms with van der Waals surface area (Å²) in [5.41, 5.74) is 6.33. The van der Waals surface area contributed by atoms with Crippen LogP contribution in [0.2, 0.25) is 0 Å². The molecular weight excluding hydrogens is 595 g/mol. The summed E-state index contributed by atoms with van der Waals surface area (Å²) in [5, 5.41) is 0. The van der Waals surface area contributed by atoms with Crippen molar-refractivity contribution >= 4 is 38.6 Å². The fourth-order valence-electron chi connectivity index (χ4n) is 4.43. The van der Waals surface area contributed by atoms with Crippen LogP contribution in [0.25, 0.3) is 21.7 Å². The second-order valence-electron chi connectivity index (χ2n) is 9.92. The Bertz CT molecular complexity index is 1680. The molecule has 0 saturated heterocycles. The third-order valence-electron chi connectivity index (χ3n) is 6.41. The zero-order chi connectivity index (χ0) is 30.8. The van der Waals surface area contributed by atoms with Crippen LogP contribution in [0.1, 0.15) is 45.8 Å². The molecule has 42 heavy (non-hydrogen) atoms. The van der Waals surface area contributed by atoms with Gasteiger partial charge in [-0.25, -0.2) is 4.98 Å². The summed E-state index contributed by atoms with van der Waals surface area (Å²) in [6.07, 6.45) is -5.11. The van der Waals surface area contributed by atoms with Crippen LogP contribution in [0.3, 0.4) is 0 Å². The Balaban J connectivity index is 1.60. The first-order valence-electron chi connectivity index (χ1n) is 12.8. The zero-order valence-electron chi connectivity index (χ0n) is 23.0. The van der Waals surface area contributed by atoms with Gasteiger partial charge in [0.15, 0.2) is 0 Å². The first-order valence-corrected chi connectivity index (χ1v) is 15.0. The number of carbonyl (C=O) groups is 1. The number of imidazole rings is 1. The first kappa shape index (κ1) is 31.4. The number of fused-ring (bicyclic) bond motifs is 1. The molecule has 4 rings (SSSR count). The largest absolute Gasteiger partial charge is 0.484 e. The van der Waals surface area contributed by atoms with Gasteiger partial charge in [0.2, 0.25) is 0 Å². The van der Waals surface area contributed by atoms with Gasteiger partial charge in [-0.3, -0.25) is 9.35 Å². The van der Waals surface area contributed by atoms with Crippen molar-refractivity contribution in [1.82, 2.24) is 19.2 Å². The predicted octanol–water partition coefficient (Wildman–Crippen LogP) is 5.11. The van der Waals surface area contributed by atoms with E-state index in [0.717, 1.165) is 21.7 Å². The number of carbonyl (C=O) groups excluding carboxylic acids is 1. The number of nitrogens with two attached hydrogens (primary N) is 1. The minimum Gasteiger partial charge on any atom is -0.484 e. The molecule has 0 radical (unpaired) electrons. The molecule has 4 aromatic rings. The molecule has 0 spiro atoms. The van der Waals surface area contributed by atoms with E-state index in [4.69, 9.17) is 10.5 Å². The normalized spacial score (nSPS) is 13.3. The number of hydrogen-bond acceptors (Lipinski definition) is 7. The highest BCUT2D eigenvalue weighted by molar-refractivity contribution is 7.83. The van der Waals surface area contributed by atoms with E-state index in [0.29, 0.717) is 40.3 Å². The van der Waals surface area contributed by atoms with Crippen molar-refractivity contribution < 1.29 is 35.7 Å². The van der Waals surface area contributed by atoms with Gasteiger partial charge in [0.05, 0.1) is 21.5 Å². The van der Waals surface area contributed by atoms with Gasteiger partial charge in [0, 0.05) is 24.7 Å². The number of aromatic nitrogens is 2. The van der Waals surface area contributed by atoms with Crippen LogP contribution in [0.4, 0.5) is 13.2 Å². The number of rotatable bonds is 12. The predicted molar refractivity (Wildman–Crippen MR) is 154 cm³/mol. The molecule has 0 aliphatic carbocycles. The molecule has 226 valence electrons. The van der Waals surface area contributed by atoms with Gasteiger partial charge >= 0.3 is 16.5 Å². The van der Waals surface area contributed by atoms with Crippen molar-refractivity contribution in [3.05, 3.63) is 70.1 Å². The van der Waals surface area contributed by atoms with E-state index in [1.807, 2.05) is 19.0 Å². The van der Waals surface area contributed by atoms with Gasteiger partial charge in [0.25, 0.3) is 5.91 Å². The Morgan fingerprint density at radius 1 is 1.17 bits per heavy atom. The third kappa shape index (κ3) is 7.46. The summed E-state index contributed by atoms with van der Waals surface area (Å²) in [7, 11) is -0.702. The lowest BCUT2D eigenvalue weighted by molar-refractivity contribution is -0.139. The van der Waals surface area contributed by atoms with Gasteiger partial charge in [-0.1, -0.05) is 24.3 Å². The van der Waals surface area contributed by atoms with Crippen LogP contribution in [-0.2, 0) is 23.0 Å². The molecule has 2 heterocycles. The van der Waals surface area contributed by atoms with E-state index < -0.39 is 34.1 Å². The van der Waals surface area contributed by atoms with E-state index in [-0.39, 0.29) is 29.3 Å². The molecule has 0 saturated carbocycles. The lowest BCUT2D eigenvalue weighted by Crippen LogP contribution is -2.32. The fourth-order valence-corrected chi connectivity index (χ4v) is 5.99. The summed E-state index contributed by atoms with van der Waals surface area (Å²) in [6.45, 7) is 2.16. The Labute approximate surface area is 244 Å². The summed E-state index contributed by atoms with van der Waals surface area (Å²) in [5.74, 6) is -0.435. The van der Waals surface area contributed by atoms with Gasteiger partial charge in [0.1, 0.15) is 22.6 Å². The molecule has 0 bridgehead atoms. The van der Waals surface area contributed by atoms with E-state index in [2.05, 4.69) is 9.97 Å². The van der Waals surface area contributed by atoms with Crippen molar-refractivity contribution in [3.8, 4) is 16.5 Å². The highest BCUT2D eigenvalue weighted by Gasteiger charge is 2.35. The lowest BCUT2D eigenvalue weighted by atomic mass is 10.0. The highest BCUT2D eigenvalue weighted by Crippen LogP contribution is 2.40. The number of H-pyrrole nitrogens is 1. The quantitative estimate of drug-likeness (QED) is 0.186. The van der Waals surface area contributed by atoms with Gasteiger partial charge in [-0.15, -0.1) is 11.3 Å². The molecule has 2 aromatic heterocycles. The van der Waals surface area contributed by atoms with Crippen LogP contribution in [0, 0.1) is 0 Å². The third-order valence-corrected chi connectivity index (χ3v) is 8.51. The van der Waals surface area contributed by atoms with Crippen molar-refractivity contribution in [2.45, 2.75) is 32.2 Å². The number of hydrogen-bond donors (Lipinski definition) is 3. The Morgan fingerprint density at radius 2 is 1.88 bits per heavy atom. The number of nitrogens with zero attached hydrogens (tertiary/aromatic N) is 3. The van der Waals surface area contributed by atoms with Crippen molar-refractivity contribution in [2.75, 3.05) is 27.2 Å². The number of aromatic amines is 1. The summed E-state index contributed by atoms with van der Waals surface area (Å²) in [6, 6.07) is 11.6. The minimum atomic E-state index is -4.59. The van der Waals surface area contributed by atoms with Crippen LogP contribution >= 0.6 is 11.3 Å². The van der Waals surface area contributed by atoms with Crippen LogP contribution in [-0.4, -0.2) is 65.2 Å². The number of primary amides is 1. The Kier molecular flexibility index (Phi) is 9.27.